The molecule has 0 bridgehead atoms. The van der Waals surface area contributed by atoms with Gasteiger partial charge in [-0.2, -0.15) is 0 Å². The van der Waals surface area contributed by atoms with Gasteiger partial charge in [-0.15, -0.1) is 11.3 Å². The highest BCUT2D eigenvalue weighted by atomic mass is 79.9. The zero-order valence-electron chi connectivity index (χ0n) is 12.9. The number of hydrogen-bond donors (Lipinski definition) is 3. The lowest BCUT2D eigenvalue weighted by molar-refractivity contribution is 0.577. The van der Waals surface area contributed by atoms with Gasteiger partial charge in [0.15, 0.2) is 0 Å². The molecule has 1 atom stereocenters. The first kappa shape index (κ1) is 18.6. The second kappa shape index (κ2) is 8.96. The quantitative estimate of drug-likeness (QED) is 0.406. The minimum atomic E-state index is 0.207. The molecule has 1 unspecified atom stereocenters. The molecule has 128 valence electrons. The summed E-state index contributed by atoms with van der Waals surface area (Å²) < 4.78 is 3.37. The van der Waals surface area contributed by atoms with Crippen LogP contribution in [0.4, 0.5) is 5.69 Å². The highest BCUT2D eigenvalue weighted by molar-refractivity contribution is 9.14. The second-order valence-corrected chi connectivity index (χ2v) is 9.49. The Morgan fingerprint density at radius 1 is 1.08 bits per heavy atom. The van der Waals surface area contributed by atoms with Crippen molar-refractivity contribution >= 4 is 70.9 Å². The molecule has 1 aliphatic rings. The molecule has 24 heavy (non-hydrogen) atoms. The zero-order valence-corrected chi connectivity index (χ0v) is 18.5. The normalized spacial score (nSPS) is 16.0. The van der Waals surface area contributed by atoms with E-state index in [1.54, 1.807) is 11.3 Å². The summed E-state index contributed by atoms with van der Waals surface area (Å²) in [5.74, 6) is 0. The standard InChI is InChI=1S/C17H18Br3N3S/c18-15-13(24-17(20)16(15)19)10-21-8-3-9-22-14-7-6-11-4-1-2-5-12(11)23-14/h1-2,4-7,14,21-23H,3,8-10H2. The van der Waals surface area contributed by atoms with Gasteiger partial charge < -0.3 is 10.6 Å². The lowest BCUT2D eigenvalue weighted by atomic mass is 10.1. The summed E-state index contributed by atoms with van der Waals surface area (Å²) in [6.45, 7) is 2.83. The first-order chi connectivity index (χ1) is 11.6. The smallest absolute Gasteiger partial charge is 0.0964 e. The third kappa shape index (κ3) is 4.71. The molecule has 0 saturated carbocycles. The van der Waals surface area contributed by atoms with E-state index in [9.17, 15) is 0 Å². The van der Waals surface area contributed by atoms with Crippen LogP contribution < -0.4 is 16.0 Å². The average Bonchev–Trinajstić information content (AvgIpc) is 2.85. The fraction of sp³-hybridized carbons (Fsp3) is 0.294. The number of hydrogen-bond acceptors (Lipinski definition) is 4. The van der Waals surface area contributed by atoms with Gasteiger partial charge in [-0.1, -0.05) is 24.3 Å². The van der Waals surface area contributed by atoms with Crippen molar-refractivity contribution in [3.8, 4) is 0 Å². The van der Waals surface area contributed by atoms with Crippen LogP contribution in [0.5, 0.6) is 0 Å². The van der Waals surface area contributed by atoms with E-state index in [-0.39, 0.29) is 6.17 Å². The number of rotatable bonds is 7. The summed E-state index contributed by atoms with van der Waals surface area (Å²) in [4.78, 5) is 1.30. The zero-order chi connectivity index (χ0) is 16.9. The minimum Gasteiger partial charge on any atom is -0.366 e. The molecule has 0 fully saturated rings. The highest BCUT2D eigenvalue weighted by Gasteiger charge is 2.12. The van der Waals surface area contributed by atoms with E-state index in [2.05, 4.69) is 100 Å². The SMILES string of the molecule is Brc1sc(CNCCCNC2C=Cc3ccccc3N2)c(Br)c1Br. The maximum absolute atomic E-state index is 3.61. The van der Waals surface area contributed by atoms with Gasteiger partial charge in [0.25, 0.3) is 0 Å². The summed E-state index contributed by atoms with van der Waals surface area (Å²) in [5, 5.41) is 10.5. The average molecular weight is 536 g/mol. The van der Waals surface area contributed by atoms with Crippen LogP contribution in [-0.4, -0.2) is 19.3 Å². The van der Waals surface area contributed by atoms with Crippen molar-refractivity contribution < 1.29 is 0 Å². The molecular weight excluding hydrogens is 518 g/mol. The van der Waals surface area contributed by atoms with Crippen molar-refractivity contribution in [1.29, 1.82) is 0 Å². The number of para-hydroxylation sites is 1. The van der Waals surface area contributed by atoms with Crippen LogP contribution in [0.2, 0.25) is 0 Å². The van der Waals surface area contributed by atoms with Gasteiger partial charge in [0.05, 0.1) is 14.4 Å². The Morgan fingerprint density at radius 3 is 2.71 bits per heavy atom. The van der Waals surface area contributed by atoms with Gasteiger partial charge in [0.1, 0.15) is 0 Å². The maximum Gasteiger partial charge on any atom is 0.0964 e. The van der Waals surface area contributed by atoms with Crippen molar-refractivity contribution in [2.24, 2.45) is 0 Å². The molecule has 2 heterocycles. The Bertz CT molecular complexity index is 730. The highest BCUT2D eigenvalue weighted by Crippen LogP contribution is 2.40. The predicted molar refractivity (Wildman–Crippen MR) is 115 cm³/mol. The van der Waals surface area contributed by atoms with Gasteiger partial charge in [-0.05, 0) is 85.0 Å². The first-order valence-electron chi connectivity index (χ1n) is 7.75. The Balaban J connectivity index is 1.34. The fourth-order valence-electron chi connectivity index (χ4n) is 2.50. The molecule has 1 aromatic carbocycles. The van der Waals surface area contributed by atoms with E-state index in [1.165, 1.54) is 16.1 Å². The van der Waals surface area contributed by atoms with Crippen LogP contribution in [0.25, 0.3) is 6.08 Å². The number of thiophene rings is 1. The largest absolute Gasteiger partial charge is 0.366 e. The third-order valence-electron chi connectivity index (χ3n) is 3.74. The number of anilines is 1. The van der Waals surface area contributed by atoms with Crippen LogP contribution in [-0.2, 0) is 6.54 Å². The lowest BCUT2D eigenvalue weighted by Crippen LogP contribution is -2.37. The van der Waals surface area contributed by atoms with Crippen molar-refractivity contribution in [2.45, 2.75) is 19.1 Å². The van der Waals surface area contributed by atoms with E-state index in [1.807, 2.05) is 0 Å². The Morgan fingerprint density at radius 2 is 1.92 bits per heavy atom. The maximum atomic E-state index is 3.61. The van der Waals surface area contributed by atoms with E-state index in [4.69, 9.17) is 0 Å². The van der Waals surface area contributed by atoms with Crippen molar-refractivity contribution in [3.05, 3.63) is 53.5 Å². The number of nitrogens with one attached hydrogen (secondary N) is 3. The third-order valence-corrected chi connectivity index (χ3v) is 8.86. The summed E-state index contributed by atoms with van der Waals surface area (Å²) in [6.07, 6.45) is 5.64. The van der Waals surface area contributed by atoms with Crippen LogP contribution >= 0.6 is 59.1 Å². The molecule has 0 radical (unpaired) electrons. The number of benzene rings is 1. The molecule has 3 nitrogen and oxygen atoms in total. The van der Waals surface area contributed by atoms with Crippen LogP contribution in [0, 0.1) is 0 Å². The Kier molecular flexibility index (Phi) is 6.95. The van der Waals surface area contributed by atoms with Crippen molar-refractivity contribution in [2.75, 3.05) is 18.4 Å². The second-order valence-electron chi connectivity index (χ2n) is 5.48. The van der Waals surface area contributed by atoms with Crippen LogP contribution in [0.3, 0.4) is 0 Å². The molecule has 7 heteroatoms. The molecule has 0 saturated heterocycles. The summed E-state index contributed by atoms with van der Waals surface area (Å²) in [6, 6.07) is 8.36. The molecule has 0 amide bonds. The topological polar surface area (TPSA) is 36.1 Å². The van der Waals surface area contributed by atoms with E-state index < -0.39 is 0 Å². The Labute approximate surface area is 171 Å². The fourth-order valence-corrected chi connectivity index (χ4v) is 5.65. The van der Waals surface area contributed by atoms with Crippen molar-refractivity contribution in [1.82, 2.24) is 10.6 Å². The summed E-state index contributed by atoms with van der Waals surface area (Å²) in [7, 11) is 0. The van der Waals surface area contributed by atoms with Crippen molar-refractivity contribution in [3.63, 3.8) is 0 Å². The van der Waals surface area contributed by atoms with Crippen LogP contribution in [0.1, 0.15) is 16.9 Å². The molecule has 1 aromatic heterocycles. The molecular formula is C17H18Br3N3S. The molecule has 3 rings (SSSR count). The van der Waals surface area contributed by atoms with Gasteiger partial charge in [0, 0.05) is 21.6 Å². The Hall–Kier alpha value is -0.180. The van der Waals surface area contributed by atoms with Gasteiger partial charge >= 0.3 is 0 Å². The van der Waals surface area contributed by atoms with Gasteiger partial charge in [-0.3, -0.25) is 5.32 Å². The minimum absolute atomic E-state index is 0.207. The molecule has 2 aromatic rings. The molecule has 3 N–H and O–H groups in total. The van der Waals surface area contributed by atoms with E-state index in [0.29, 0.717) is 0 Å². The molecule has 0 spiro atoms. The first-order valence-corrected chi connectivity index (χ1v) is 10.9. The summed E-state index contributed by atoms with van der Waals surface area (Å²) in [5.41, 5.74) is 2.44. The van der Waals surface area contributed by atoms with E-state index >= 15 is 0 Å². The molecule has 1 aliphatic heterocycles. The number of fused-ring (bicyclic) bond motifs is 1. The number of halogens is 3. The van der Waals surface area contributed by atoms with Gasteiger partial charge in [-0.25, -0.2) is 0 Å². The van der Waals surface area contributed by atoms with Gasteiger partial charge in [0.2, 0.25) is 0 Å². The molecule has 0 aliphatic carbocycles. The predicted octanol–water partition coefficient (Wildman–Crippen LogP) is 5.57. The van der Waals surface area contributed by atoms with E-state index in [0.717, 1.165) is 38.8 Å². The summed E-state index contributed by atoms with van der Waals surface area (Å²) >= 11 is 12.5. The monoisotopic (exact) mass is 533 g/mol. The van der Waals surface area contributed by atoms with Crippen LogP contribution in [0.15, 0.2) is 43.1 Å². The lowest BCUT2D eigenvalue weighted by Gasteiger charge is -2.23.